The van der Waals surface area contributed by atoms with Gasteiger partial charge in [0.25, 0.3) is 5.91 Å². The predicted molar refractivity (Wildman–Crippen MR) is 103 cm³/mol. The summed E-state index contributed by atoms with van der Waals surface area (Å²) < 4.78 is 26.4. The molecule has 0 fully saturated rings. The first-order valence-electron chi connectivity index (χ1n) is 8.26. The van der Waals surface area contributed by atoms with Crippen molar-refractivity contribution in [2.45, 2.75) is 37.5 Å². The van der Waals surface area contributed by atoms with E-state index in [4.69, 9.17) is 0 Å². The first kappa shape index (κ1) is 20.2. The summed E-state index contributed by atoms with van der Waals surface area (Å²) >= 11 is 1.36. The minimum Gasteiger partial charge on any atom is -0.296 e. The second-order valence-corrected chi connectivity index (χ2v) is 8.35. The quantitative estimate of drug-likeness (QED) is 0.636. The molecule has 0 bridgehead atoms. The average molecular weight is 395 g/mol. The van der Waals surface area contributed by atoms with Crippen molar-refractivity contribution in [1.82, 2.24) is 14.9 Å². The molecule has 0 unspecified atom stereocenters. The van der Waals surface area contributed by atoms with Gasteiger partial charge in [-0.15, -0.1) is 16.8 Å². The van der Waals surface area contributed by atoms with Crippen molar-refractivity contribution in [3.63, 3.8) is 0 Å². The van der Waals surface area contributed by atoms with Gasteiger partial charge in [0.05, 0.1) is 4.90 Å². The van der Waals surface area contributed by atoms with Gasteiger partial charge in [-0.2, -0.15) is 0 Å². The largest absolute Gasteiger partial charge is 0.296 e. The van der Waals surface area contributed by atoms with Gasteiger partial charge in [-0.25, -0.2) is 13.1 Å². The number of carbonyl (C=O) groups is 1. The lowest BCUT2D eigenvalue weighted by Crippen LogP contribution is -2.23. The van der Waals surface area contributed by atoms with Gasteiger partial charge in [0.1, 0.15) is 5.01 Å². The van der Waals surface area contributed by atoms with Gasteiger partial charge >= 0.3 is 0 Å². The van der Waals surface area contributed by atoms with E-state index in [1.54, 1.807) is 0 Å². The molecule has 2 rings (SSSR count). The number of hydrogen-bond donors (Lipinski definition) is 2. The molecule has 1 amide bonds. The molecule has 1 aromatic heterocycles. The molecule has 9 heteroatoms. The molecule has 0 saturated carbocycles. The van der Waals surface area contributed by atoms with Crippen LogP contribution in [-0.4, -0.2) is 31.1 Å². The maximum absolute atomic E-state index is 12.3. The Kier molecular flexibility index (Phi) is 7.01. The lowest BCUT2D eigenvalue weighted by atomic mass is 10.1. The molecule has 140 valence electrons. The monoisotopic (exact) mass is 394 g/mol. The number of amides is 1. The van der Waals surface area contributed by atoms with Gasteiger partial charge in [0, 0.05) is 18.0 Å². The number of nitrogens with one attached hydrogen (secondary N) is 2. The summed E-state index contributed by atoms with van der Waals surface area (Å²) in [7, 11) is -3.61. The number of hydrogen-bond acceptors (Lipinski definition) is 6. The van der Waals surface area contributed by atoms with Crippen LogP contribution in [0, 0.1) is 0 Å². The van der Waals surface area contributed by atoms with Crippen molar-refractivity contribution in [1.29, 1.82) is 0 Å². The van der Waals surface area contributed by atoms with Crippen LogP contribution in [0.2, 0.25) is 0 Å². The van der Waals surface area contributed by atoms with Crippen LogP contribution in [-0.2, 0) is 10.0 Å². The smallest absolute Gasteiger partial charge is 0.257 e. The van der Waals surface area contributed by atoms with Gasteiger partial charge in [-0.3, -0.25) is 10.1 Å². The molecule has 0 aliphatic carbocycles. The van der Waals surface area contributed by atoms with Crippen molar-refractivity contribution in [3.8, 4) is 0 Å². The Morgan fingerprint density at radius 3 is 2.46 bits per heavy atom. The van der Waals surface area contributed by atoms with Crippen molar-refractivity contribution in [2.24, 2.45) is 0 Å². The van der Waals surface area contributed by atoms with Crippen LogP contribution in [0.1, 0.15) is 48.0 Å². The Bertz CT molecular complexity index is 856. The fraction of sp³-hybridized carbons (Fsp3) is 0.353. The topological polar surface area (TPSA) is 101 Å². The van der Waals surface area contributed by atoms with Crippen LogP contribution in [0.5, 0.6) is 0 Å². The number of anilines is 1. The van der Waals surface area contributed by atoms with Crippen LogP contribution in [0.3, 0.4) is 0 Å². The fourth-order valence-corrected chi connectivity index (χ4v) is 4.30. The molecule has 0 aliphatic heterocycles. The average Bonchev–Trinajstić information content (AvgIpc) is 3.09. The summed E-state index contributed by atoms with van der Waals surface area (Å²) in [5.41, 5.74) is 0.340. The molecule has 7 nitrogen and oxygen atoms in total. The van der Waals surface area contributed by atoms with Crippen LogP contribution in [0.15, 0.2) is 41.8 Å². The van der Waals surface area contributed by atoms with Crippen molar-refractivity contribution < 1.29 is 13.2 Å². The van der Waals surface area contributed by atoms with Gasteiger partial charge in [0.2, 0.25) is 15.2 Å². The Morgan fingerprint density at radius 2 is 1.88 bits per heavy atom. The standard InChI is InChI=1S/C17H22N4O3S2/c1-4-11-18-26(23,24)14-9-7-13(8-10-14)15(22)19-17-21-20-16(25-17)12(5-2)6-3/h4,7-10,12,18H,1,5-6,11H2,2-3H3,(H,19,21,22). The minimum atomic E-state index is -3.61. The van der Waals surface area contributed by atoms with E-state index >= 15 is 0 Å². The molecule has 0 radical (unpaired) electrons. The van der Waals surface area contributed by atoms with Crippen molar-refractivity contribution >= 4 is 32.4 Å². The summed E-state index contributed by atoms with van der Waals surface area (Å²) in [6.07, 6.45) is 3.39. The van der Waals surface area contributed by atoms with E-state index in [1.165, 1.54) is 41.7 Å². The zero-order valence-corrected chi connectivity index (χ0v) is 16.4. The van der Waals surface area contributed by atoms with Crippen LogP contribution >= 0.6 is 11.3 Å². The van der Waals surface area contributed by atoms with Crippen LogP contribution in [0.4, 0.5) is 5.13 Å². The SMILES string of the molecule is C=CCNS(=O)(=O)c1ccc(C(=O)Nc2nnc(C(CC)CC)s2)cc1. The number of benzene rings is 1. The van der Waals surface area contributed by atoms with Gasteiger partial charge in [-0.1, -0.05) is 31.3 Å². The highest BCUT2D eigenvalue weighted by atomic mass is 32.2. The number of carbonyl (C=O) groups excluding carboxylic acids is 1. The third kappa shape index (κ3) is 4.96. The van der Waals surface area contributed by atoms with E-state index in [2.05, 4.69) is 40.7 Å². The molecule has 0 aliphatic rings. The maximum Gasteiger partial charge on any atom is 0.257 e. The predicted octanol–water partition coefficient (Wildman–Crippen LogP) is 3.16. The highest BCUT2D eigenvalue weighted by Gasteiger charge is 2.17. The third-order valence-corrected chi connectivity index (χ3v) is 6.28. The highest BCUT2D eigenvalue weighted by Crippen LogP contribution is 2.28. The summed E-state index contributed by atoms with van der Waals surface area (Å²) in [5.74, 6) is -0.0223. The normalized spacial score (nSPS) is 11.5. The molecule has 0 atom stereocenters. The van der Waals surface area contributed by atoms with E-state index in [9.17, 15) is 13.2 Å². The van der Waals surface area contributed by atoms with E-state index in [0.717, 1.165) is 17.8 Å². The van der Waals surface area contributed by atoms with Gasteiger partial charge < -0.3 is 0 Å². The highest BCUT2D eigenvalue weighted by molar-refractivity contribution is 7.89. The first-order chi connectivity index (χ1) is 12.4. The Balaban J connectivity index is 2.07. The zero-order valence-electron chi connectivity index (χ0n) is 14.7. The van der Waals surface area contributed by atoms with Crippen LogP contribution < -0.4 is 10.0 Å². The number of sulfonamides is 1. The van der Waals surface area contributed by atoms with E-state index in [-0.39, 0.29) is 17.3 Å². The number of nitrogens with zero attached hydrogens (tertiary/aromatic N) is 2. The first-order valence-corrected chi connectivity index (χ1v) is 10.6. The second kappa shape index (κ2) is 9.02. The summed E-state index contributed by atoms with van der Waals surface area (Å²) in [4.78, 5) is 12.4. The molecular weight excluding hydrogens is 372 g/mol. The van der Waals surface area contributed by atoms with Crippen molar-refractivity contribution in [3.05, 3.63) is 47.5 Å². The minimum absolute atomic E-state index is 0.0860. The Hall–Kier alpha value is -2.10. The fourth-order valence-electron chi connectivity index (χ4n) is 2.29. The summed E-state index contributed by atoms with van der Waals surface area (Å²) in [6, 6.07) is 5.69. The van der Waals surface area contributed by atoms with E-state index in [0.29, 0.717) is 16.6 Å². The van der Waals surface area contributed by atoms with E-state index in [1.807, 2.05) is 0 Å². The number of aromatic nitrogens is 2. The molecular formula is C17H22N4O3S2. The lowest BCUT2D eigenvalue weighted by Gasteiger charge is -2.06. The molecule has 26 heavy (non-hydrogen) atoms. The molecule has 0 spiro atoms. The van der Waals surface area contributed by atoms with Crippen molar-refractivity contribution in [2.75, 3.05) is 11.9 Å². The number of rotatable bonds is 9. The second-order valence-electron chi connectivity index (χ2n) is 5.58. The Labute approximate surface area is 157 Å². The molecule has 1 heterocycles. The van der Waals surface area contributed by atoms with Crippen LogP contribution in [0.25, 0.3) is 0 Å². The zero-order chi connectivity index (χ0) is 19.2. The molecule has 2 aromatic rings. The van der Waals surface area contributed by atoms with E-state index < -0.39 is 10.0 Å². The molecule has 0 saturated heterocycles. The third-order valence-electron chi connectivity index (χ3n) is 3.84. The molecule has 1 aromatic carbocycles. The summed E-state index contributed by atoms with van der Waals surface area (Å²) in [6.45, 7) is 7.79. The summed E-state index contributed by atoms with van der Waals surface area (Å²) in [5, 5.41) is 12.2. The Morgan fingerprint density at radius 1 is 1.23 bits per heavy atom. The molecule has 2 N–H and O–H groups in total. The maximum atomic E-state index is 12.3. The van der Waals surface area contributed by atoms with Gasteiger partial charge in [-0.05, 0) is 37.1 Å². The lowest BCUT2D eigenvalue weighted by molar-refractivity contribution is 0.102. The van der Waals surface area contributed by atoms with Gasteiger partial charge in [0.15, 0.2) is 0 Å².